The van der Waals surface area contributed by atoms with Gasteiger partial charge in [-0.1, -0.05) is 69.4 Å². The van der Waals surface area contributed by atoms with Gasteiger partial charge in [0.1, 0.15) is 0 Å². The fraction of sp³-hybridized carbons (Fsp3) is 0.375. The minimum Gasteiger partial charge on any atom is -0.347 e. The quantitative estimate of drug-likeness (QED) is 0.273. The van der Waals surface area contributed by atoms with Crippen LogP contribution in [0.25, 0.3) is 10.9 Å². The first-order chi connectivity index (χ1) is 13.9. The molecule has 0 unspecified atom stereocenters. The van der Waals surface area contributed by atoms with E-state index in [-0.39, 0.29) is 11.3 Å². The molecule has 0 saturated heterocycles. The number of benzene rings is 2. The minimum absolute atomic E-state index is 0.0577. The zero-order chi connectivity index (χ0) is 20.9. The number of halogens is 3. The summed E-state index contributed by atoms with van der Waals surface area (Å²) in [6.45, 7) is 2.98. The summed E-state index contributed by atoms with van der Waals surface area (Å²) in [4.78, 5) is 13.0. The van der Waals surface area contributed by atoms with Gasteiger partial charge in [0, 0.05) is 34.8 Å². The minimum atomic E-state index is -4.47. The monoisotopic (exact) mass is 401 g/mol. The van der Waals surface area contributed by atoms with Crippen LogP contribution >= 0.6 is 0 Å². The molecule has 29 heavy (non-hydrogen) atoms. The Kier molecular flexibility index (Phi) is 6.78. The highest BCUT2D eigenvalue weighted by Gasteiger charge is 2.31. The number of fused-ring (bicyclic) bond motifs is 1. The largest absolute Gasteiger partial charge is 0.416 e. The number of nitrogens with zero attached hydrogens (tertiary/aromatic N) is 1. The maximum absolute atomic E-state index is 13.0. The number of hydrogen-bond donors (Lipinski definition) is 0. The molecule has 1 aromatic heterocycles. The van der Waals surface area contributed by atoms with Crippen molar-refractivity contribution in [1.82, 2.24) is 4.57 Å². The van der Waals surface area contributed by atoms with Crippen LogP contribution in [0.3, 0.4) is 0 Å². The summed E-state index contributed by atoms with van der Waals surface area (Å²) in [6, 6.07) is 12.2. The number of ketones is 1. The molecule has 0 amide bonds. The Morgan fingerprint density at radius 2 is 1.66 bits per heavy atom. The van der Waals surface area contributed by atoms with E-state index in [1.54, 1.807) is 6.20 Å². The second kappa shape index (κ2) is 9.29. The van der Waals surface area contributed by atoms with Gasteiger partial charge in [-0.25, -0.2) is 0 Å². The van der Waals surface area contributed by atoms with Crippen molar-refractivity contribution in [1.29, 1.82) is 0 Å². The first-order valence-corrected chi connectivity index (χ1v) is 10.2. The first kappa shape index (κ1) is 21.2. The summed E-state index contributed by atoms with van der Waals surface area (Å²) < 4.78 is 41.1. The van der Waals surface area contributed by atoms with Crippen LogP contribution in [-0.2, 0) is 12.7 Å². The Morgan fingerprint density at radius 1 is 0.931 bits per heavy atom. The number of hydrogen-bond acceptors (Lipinski definition) is 1. The number of aromatic nitrogens is 1. The van der Waals surface area contributed by atoms with E-state index < -0.39 is 11.7 Å². The number of rotatable bonds is 9. The molecule has 0 aliphatic carbocycles. The van der Waals surface area contributed by atoms with E-state index in [0.717, 1.165) is 42.4 Å². The van der Waals surface area contributed by atoms with E-state index in [2.05, 4.69) is 11.5 Å². The molecule has 2 nitrogen and oxygen atoms in total. The molecule has 3 rings (SSSR count). The van der Waals surface area contributed by atoms with Crippen molar-refractivity contribution in [2.45, 2.75) is 58.2 Å². The number of unbranched alkanes of at least 4 members (excludes halogenated alkanes) is 5. The number of aryl methyl sites for hydroxylation is 1. The molecule has 5 heteroatoms. The fourth-order valence-electron chi connectivity index (χ4n) is 3.67. The van der Waals surface area contributed by atoms with Gasteiger partial charge in [0.25, 0.3) is 0 Å². The molecule has 0 aliphatic heterocycles. The molecule has 0 aliphatic rings. The predicted octanol–water partition coefficient (Wildman–Crippen LogP) is 7.25. The second-order valence-electron chi connectivity index (χ2n) is 7.43. The molecule has 154 valence electrons. The lowest BCUT2D eigenvalue weighted by molar-refractivity contribution is -0.137. The fourth-order valence-corrected chi connectivity index (χ4v) is 3.67. The molecule has 0 spiro atoms. The molecule has 0 N–H and O–H groups in total. The third kappa shape index (κ3) is 5.08. The van der Waals surface area contributed by atoms with Gasteiger partial charge < -0.3 is 4.57 Å². The van der Waals surface area contributed by atoms with Crippen LogP contribution in [0.1, 0.15) is 66.9 Å². The van der Waals surface area contributed by atoms with Crippen molar-refractivity contribution >= 4 is 16.7 Å². The molecule has 0 fully saturated rings. The molecule has 0 radical (unpaired) electrons. The van der Waals surface area contributed by atoms with E-state index >= 15 is 0 Å². The normalized spacial score (nSPS) is 11.9. The first-order valence-electron chi connectivity index (χ1n) is 10.2. The van der Waals surface area contributed by atoms with Crippen LogP contribution in [0, 0.1) is 0 Å². The third-order valence-electron chi connectivity index (χ3n) is 5.24. The highest BCUT2D eigenvalue weighted by Crippen LogP contribution is 2.31. The Balaban J connectivity index is 1.84. The van der Waals surface area contributed by atoms with Gasteiger partial charge in [0.2, 0.25) is 0 Å². The van der Waals surface area contributed by atoms with E-state index in [1.807, 2.05) is 24.3 Å². The number of alkyl halides is 3. The van der Waals surface area contributed by atoms with Gasteiger partial charge in [-0.05, 0) is 24.6 Å². The smallest absolute Gasteiger partial charge is 0.347 e. The van der Waals surface area contributed by atoms with Crippen molar-refractivity contribution in [3.8, 4) is 0 Å². The second-order valence-corrected chi connectivity index (χ2v) is 7.43. The van der Waals surface area contributed by atoms with Crippen molar-refractivity contribution < 1.29 is 18.0 Å². The number of carbonyl (C=O) groups excluding carboxylic acids is 1. The molecular formula is C24H26F3NO. The molecule has 0 bridgehead atoms. The van der Waals surface area contributed by atoms with Gasteiger partial charge in [-0.15, -0.1) is 0 Å². The van der Waals surface area contributed by atoms with E-state index in [1.165, 1.54) is 37.8 Å². The summed E-state index contributed by atoms with van der Waals surface area (Å²) in [5.74, 6) is -0.381. The van der Waals surface area contributed by atoms with Gasteiger partial charge >= 0.3 is 6.18 Å². The summed E-state index contributed by atoms with van der Waals surface area (Å²) in [5.41, 5.74) is 0.642. The van der Waals surface area contributed by atoms with E-state index in [4.69, 9.17) is 0 Å². The van der Waals surface area contributed by atoms with Crippen molar-refractivity contribution in [2.75, 3.05) is 0 Å². The van der Waals surface area contributed by atoms with Crippen LogP contribution in [-0.4, -0.2) is 10.4 Å². The maximum Gasteiger partial charge on any atom is 0.416 e. The zero-order valence-corrected chi connectivity index (χ0v) is 16.6. The third-order valence-corrected chi connectivity index (χ3v) is 5.24. The van der Waals surface area contributed by atoms with Gasteiger partial charge in [-0.3, -0.25) is 4.79 Å². The zero-order valence-electron chi connectivity index (χ0n) is 16.6. The van der Waals surface area contributed by atoms with Crippen molar-refractivity contribution in [3.05, 3.63) is 71.4 Å². The summed E-state index contributed by atoms with van der Waals surface area (Å²) in [7, 11) is 0. The predicted molar refractivity (Wildman–Crippen MR) is 110 cm³/mol. The SMILES string of the molecule is CCCCCCCCn1cc(C(=O)c2cccc(C(F)(F)F)c2)c2ccccc21. The van der Waals surface area contributed by atoms with Crippen LogP contribution in [0.2, 0.25) is 0 Å². The molecule has 2 aromatic carbocycles. The number of para-hydroxylation sites is 1. The van der Waals surface area contributed by atoms with E-state index in [9.17, 15) is 18.0 Å². The van der Waals surface area contributed by atoms with Crippen LogP contribution < -0.4 is 0 Å². The molecular weight excluding hydrogens is 375 g/mol. The van der Waals surface area contributed by atoms with Gasteiger partial charge in [0.05, 0.1) is 5.56 Å². The molecule has 0 saturated carbocycles. The van der Waals surface area contributed by atoms with Crippen LogP contribution in [0.5, 0.6) is 0 Å². The van der Waals surface area contributed by atoms with Crippen molar-refractivity contribution in [2.24, 2.45) is 0 Å². The standard InChI is InChI=1S/C24H26F3NO/c1-2-3-4-5-6-9-15-28-17-21(20-13-7-8-14-22(20)28)23(29)18-11-10-12-19(16-18)24(25,26)27/h7-8,10-14,16-17H,2-6,9,15H2,1H3. The van der Waals surface area contributed by atoms with Crippen molar-refractivity contribution in [3.63, 3.8) is 0 Å². The highest BCUT2D eigenvalue weighted by molar-refractivity contribution is 6.16. The highest BCUT2D eigenvalue weighted by atomic mass is 19.4. The Morgan fingerprint density at radius 3 is 2.41 bits per heavy atom. The molecule has 0 atom stereocenters. The van der Waals surface area contributed by atoms with Crippen LogP contribution in [0.15, 0.2) is 54.7 Å². The topological polar surface area (TPSA) is 22.0 Å². The average molecular weight is 401 g/mol. The average Bonchev–Trinajstić information content (AvgIpc) is 3.08. The summed E-state index contributed by atoms with van der Waals surface area (Å²) >= 11 is 0. The lowest BCUT2D eigenvalue weighted by Crippen LogP contribution is -2.08. The Bertz CT molecular complexity index is 972. The summed E-state index contributed by atoms with van der Waals surface area (Å²) in [5, 5.41) is 0.779. The Labute approximate surface area is 169 Å². The lowest BCUT2D eigenvalue weighted by Gasteiger charge is -2.08. The molecule has 3 aromatic rings. The van der Waals surface area contributed by atoms with Gasteiger partial charge in [-0.2, -0.15) is 13.2 Å². The Hall–Kier alpha value is -2.56. The maximum atomic E-state index is 13.0. The van der Waals surface area contributed by atoms with E-state index in [0.29, 0.717) is 5.56 Å². The summed E-state index contributed by atoms with van der Waals surface area (Å²) in [6.07, 6.45) is 4.36. The van der Waals surface area contributed by atoms with Crippen LogP contribution in [0.4, 0.5) is 13.2 Å². The molecule has 1 heterocycles. The lowest BCUT2D eigenvalue weighted by atomic mass is 10.0. The van der Waals surface area contributed by atoms with Gasteiger partial charge in [0.15, 0.2) is 5.78 Å². The number of carbonyl (C=O) groups is 1.